The van der Waals surface area contributed by atoms with E-state index in [0.717, 1.165) is 5.56 Å². The maximum Gasteiger partial charge on any atom is 0.179 e. The molecule has 1 rings (SSSR count). The first kappa shape index (κ1) is 18.1. The minimum atomic E-state index is -3.07. The van der Waals surface area contributed by atoms with E-state index in [0.29, 0.717) is 22.9 Å². The van der Waals surface area contributed by atoms with Crippen LogP contribution in [-0.4, -0.2) is 39.7 Å². The Kier molecular flexibility index (Phi) is 6.77. The minimum Gasteiger partial charge on any atom is -0.493 e. The van der Waals surface area contributed by atoms with Crippen molar-refractivity contribution in [3.63, 3.8) is 0 Å². The van der Waals surface area contributed by atoms with E-state index in [1.807, 2.05) is 6.92 Å². The Balaban J connectivity index is 2.87. The number of sulfone groups is 1. The van der Waals surface area contributed by atoms with Crippen molar-refractivity contribution in [3.8, 4) is 11.5 Å². The van der Waals surface area contributed by atoms with Gasteiger partial charge in [-0.1, -0.05) is 18.5 Å². The van der Waals surface area contributed by atoms with E-state index in [9.17, 15) is 8.42 Å². The third-order valence-electron chi connectivity index (χ3n) is 2.93. The lowest BCUT2D eigenvalue weighted by Gasteiger charge is -2.15. The normalized spacial score (nSPS) is 13.0. The molecule has 21 heavy (non-hydrogen) atoms. The molecule has 5 nitrogen and oxygen atoms in total. The second kappa shape index (κ2) is 7.87. The molecule has 1 aromatic carbocycles. The number of benzene rings is 1. The monoisotopic (exact) mass is 335 g/mol. The van der Waals surface area contributed by atoms with Crippen molar-refractivity contribution >= 4 is 21.4 Å². The molecule has 0 bridgehead atoms. The average Bonchev–Trinajstić information content (AvgIpc) is 2.40. The molecule has 0 aromatic heterocycles. The van der Waals surface area contributed by atoms with Crippen LogP contribution in [0.15, 0.2) is 12.1 Å². The Bertz CT molecular complexity index is 573. The highest BCUT2D eigenvalue weighted by molar-refractivity contribution is 7.91. The largest absolute Gasteiger partial charge is 0.493 e. The number of ether oxygens (including phenoxy) is 2. The lowest BCUT2D eigenvalue weighted by molar-refractivity contribution is 0.311. The summed E-state index contributed by atoms with van der Waals surface area (Å²) in [6.07, 6.45) is 0.667. The zero-order chi connectivity index (χ0) is 16.0. The number of hydrogen-bond donors (Lipinski definition) is 1. The molecular formula is C14H22ClNO4S. The van der Waals surface area contributed by atoms with Gasteiger partial charge in [0.25, 0.3) is 0 Å². The van der Waals surface area contributed by atoms with Gasteiger partial charge in [-0.2, -0.15) is 0 Å². The second-order valence-corrected chi connectivity index (χ2v) is 7.76. The van der Waals surface area contributed by atoms with Gasteiger partial charge in [0.15, 0.2) is 21.3 Å². The van der Waals surface area contributed by atoms with Crippen LogP contribution in [0.2, 0.25) is 5.02 Å². The summed E-state index contributed by atoms with van der Waals surface area (Å²) in [5.41, 5.74) is 6.71. The predicted octanol–water partition coefficient (Wildman–Crippen LogP) is 2.05. The molecule has 0 spiro atoms. The van der Waals surface area contributed by atoms with Crippen molar-refractivity contribution in [1.82, 2.24) is 0 Å². The zero-order valence-corrected chi connectivity index (χ0v) is 14.1. The highest BCUT2D eigenvalue weighted by Crippen LogP contribution is 2.36. The third-order valence-corrected chi connectivity index (χ3v) is 4.88. The zero-order valence-electron chi connectivity index (χ0n) is 12.6. The summed E-state index contributed by atoms with van der Waals surface area (Å²) in [6.45, 7) is 3.55. The number of rotatable bonds is 8. The van der Waals surface area contributed by atoms with Gasteiger partial charge < -0.3 is 15.2 Å². The van der Waals surface area contributed by atoms with Crippen molar-refractivity contribution < 1.29 is 17.9 Å². The van der Waals surface area contributed by atoms with Crippen LogP contribution in [0.25, 0.3) is 0 Å². The fraction of sp³-hybridized carbons (Fsp3) is 0.571. The molecular weight excluding hydrogens is 314 g/mol. The Morgan fingerprint density at radius 1 is 1.38 bits per heavy atom. The van der Waals surface area contributed by atoms with Gasteiger partial charge in [0.2, 0.25) is 0 Å². The van der Waals surface area contributed by atoms with Gasteiger partial charge in [0.1, 0.15) is 6.61 Å². The van der Waals surface area contributed by atoms with Gasteiger partial charge in [-0.3, -0.25) is 0 Å². The molecule has 1 aromatic rings. The van der Waals surface area contributed by atoms with Gasteiger partial charge in [-0.15, -0.1) is 0 Å². The first-order valence-electron chi connectivity index (χ1n) is 6.74. The van der Waals surface area contributed by atoms with Gasteiger partial charge in [-0.25, -0.2) is 8.42 Å². The molecule has 0 aliphatic heterocycles. The fourth-order valence-corrected chi connectivity index (χ4v) is 2.73. The average molecular weight is 336 g/mol. The van der Waals surface area contributed by atoms with Crippen molar-refractivity contribution in [3.05, 3.63) is 22.7 Å². The highest BCUT2D eigenvalue weighted by atomic mass is 35.5. The van der Waals surface area contributed by atoms with Crippen molar-refractivity contribution in [2.45, 2.75) is 26.3 Å². The minimum absolute atomic E-state index is 0.00670. The van der Waals surface area contributed by atoms with Crippen LogP contribution in [0, 0.1) is 0 Å². The summed E-state index contributed by atoms with van der Waals surface area (Å²) >= 11 is 6.19. The quantitative estimate of drug-likeness (QED) is 0.786. The van der Waals surface area contributed by atoms with Gasteiger partial charge in [-0.05, 0) is 31.0 Å². The maximum absolute atomic E-state index is 11.4. The Labute approximate surface area is 131 Å². The van der Waals surface area contributed by atoms with E-state index >= 15 is 0 Å². The predicted molar refractivity (Wildman–Crippen MR) is 85.2 cm³/mol. The first-order chi connectivity index (χ1) is 9.79. The van der Waals surface area contributed by atoms with Crippen LogP contribution in [0.5, 0.6) is 11.5 Å². The Morgan fingerprint density at radius 3 is 2.57 bits per heavy atom. The SMILES string of the molecule is CCS(=O)(=O)CCOc1c(Cl)cc(CC(C)N)cc1OC. The van der Waals surface area contributed by atoms with E-state index in [1.54, 1.807) is 19.1 Å². The van der Waals surface area contributed by atoms with E-state index in [2.05, 4.69) is 0 Å². The summed E-state index contributed by atoms with van der Waals surface area (Å²) in [6, 6.07) is 3.57. The third kappa shape index (κ3) is 5.73. The smallest absolute Gasteiger partial charge is 0.179 e. The first-order valence-corrected chi connectivity index (χ1v) is 8.94. The van der Waals surface area contributed by atoms with Gasteiger partial charge in [0.05, 0.1) is 17.9 Å². The molecule has 120 valence electrons. The number of halogens is 1. The molecule has 0 aliphatic rings. The lowest BCUT2D eigenvalue weighted by atomic mass is 10.1. The Morgan fingerprint density at radius 2 is 2.05 bits per heavy atom. The lowest BCUT2D eigenvalue weighted by Crippen LogP contribution is -2.18. The van der Waals surface area contributed by atoms with Crippen LogP contribution in [0.3, 0.4) is 0 Å². The van der Waals surface area contributed by atoms with E-state index in [-0.39, 0.29) is 24.2 Å². The van der Waals surface area contributed by atoms with Crippen molar-refractivity contribution in [1.29, 1.82) is 0 Å². The molecule has 1 unspecified atom stereocenters. The molecule has 1 atom stereocenters. The molecule has 0 aliphatic carbocycles. The van der Waals surface area contributed by atoms with Crippen LogP contribution in [0.4, 0.5) is 0 Å². The van der Waals surface area contributed by atoms with Crippen LogP contribution < -0.4 is 15.2 Å². The van der Waals surface area contributed by atoms with E-state index in [1.165, 1.54) is 7.11 Å². The molecule has 0 amide bonds. The van der Waals surface area contributed by atoms with Crippen molar-refractivity contribution in [2.24, 2.45) is 5.73 Å². The molecule has 2 N–H and O–H groups in total. The van der Waals surface area contributed by atoms with Crippen LogP contribution >= 0.6 is 11.6 Å². The van der Waals surface area contributed by atoms with E-state index in [4.69, 9.17) is 26.8 Å². The standard InChI is InChI=1S/C14H22ClNO4S/c1-4-21(17,18)6-5-20-14-12(15)8-11(7-10(2)16)9-13(14)19-3/h8-10H,4-7,16H2,1-3H3. The molecule has 0 saturated carbocycles. The Hall–Kier alpha value is -0.980. The molecule has 0 fully saturated rings. The summed E-state index contributed by atoms with van der Waals surface area (Å²) in [7, 11) is -1.56. The summed E-state index contributed by atoms with van der Waals surface area (Å²) < 4.78 is 33.6. The van der Waals surface area contributed by atoms with Gasteiger partial charge in [0, 0.05) is 11.8 Å². The molecule has 0 heterocycles. The molecule has 0 saturated heterocycles. The second-order valence-electron chi connectivity index (χ2n) is 4.88. The number of methoxy groups -OCH3 is 1. The fourth-order valence-electron chi connectivity index (χ4n) is 1.82. The summed E-state index contributed by atoms with van der Waals surface area (Å²) in [5, 5.41) is 0.388. The summed E-state index contributed by atoms with van der Waals surface area (Å²) in [4.78, 5) is 0. The maximum atomic E-state index is 11.4. The topological polar surface area (TPSA) is 78.6 Å². The highest BCUT2D eigenvalue weighted by Gasteiger charge is 2.14. The number of hydrogen-bond acceptors (Lipinski definition) is 5. The van der Waals surface area contributed by atoms with Gasteiger partial charge >= 0.3 is 0 Å². The summed E-state index contributed by atoms with van der Waals surface area (Å²) in [5.74, 6) is 0.880. The number of nitrogens with two attached hydrogens (primary N) is 1. The van der Waals surface area contributed by atoms with E-state index < -0.39 is 9.84 Å². The van der Waals surface area contributed by atoms with Crippen molar-refractivity contribution in [2.75, 3.05) is 25.2 Å². The molecule has 7 heteroatoms. The van der Waals surface area contributed by atoms with Crippen LogP contribution in [-0.2, 0) is 16.3 Å². The van der Waals surface area contributed by atoms with Crippen LogP contribution in [0.1, 0.15) is 19.4 Å². The molecule has 0 radical (unpaired) electrons.